The van der Waals surface area contributed by atoms with Crippen molar-refractivity contribution in [3.05, 3.63) is 38.7 Å². The number of benzene rings is 1. The smallest absolute Gasteiger partial charge is 0.336 e. The first-order valence-electron chi connectivity index (χ1n) is 5.57. The van der Waals surface area contributed by atoms with Gasteiger partial charge in [0.05, 0.1) is 4.47 Å². The minimum atomic E-state index is -0.388. The second-order valence-corrected chi connectivity index (χ2v) is 4.10. The van der Waals surface area contributed by atoms with Crippen molar-refractivity contribution < 1.29 is 9.52 Å². The van der Waals surface area contributed by atoms with Crippen LogP contribution in [0.1, 0.15) is 26.3 Å². The Morgan fingerprint density at radius 2 is 1.94 bits per heavy atom. The van der Waals surface area contributed by atoms with E-state index in [0.717, 1.165) is 17.4 Å². The Balaban J connectivity index is 0.000000686. The first-order valence-corrected chi connectivity index (χ1v) is 6.36. The molecule has 0 aliphatic carbocycles. The highest BCUT2D eigenvalue weighted by molar-refractivity contribution is 9.10. The van der Waals surface area contributed by atoms with Gasteiger partial charge in [0, 0.05) is 17.5 Å². The molecule has 0 bridgehead atoms. The molecule has 0 saturated carbocycles. The van der Waals surface area contributed by atoms with Crippen LogP contribution in [0.3, 0.4) is 0 Å². The Bertz CT molecular complexity index is 573. The molecule has 0 radical (unpaired) electrons. The van der Waals surface area contributed by atoms with Gasteiger partial charge in [0.2, 0.25) is 0 Å². The van der Waals surface area contributed by atoms with Crippen LogP contribution in [0, 0.1) is 0 Å². The Labute approximate surface area is 108 Å². The summed E-state index contributed by atoms with van der Waals surface area (Å²) in [5, 5.41) is 10.3. The van der Waals surface area contributed by atoms with Crippen molar-refractivity contribution in [2.75, 3.05) is 0 Å². The molecule has 3 nitrogen and oxygen atoms in total. The molecule has 0 saturated heterocycles. The molecule has 0 aliphatic rings. The lowest BCUT2D eigenvalue weighted by atomic mass is 10.1. The molecule has 0 amide bonds. The van der Waals surface area contributed by atoms with Crippen LogP contribution in [0.25, 0.3) is 11.0 Å². The fraction of sp³-hybridized carbons (Fsp3) is 0.308. The highest BCUT2D eigenvalue weighted by atomic mass is 79.9. The quantitative estimate of drug-likeness (QED) is 0.814. The van der Waals surface area contributed by atoms with Gasteiger partial charge >= 0.3 is 5.63 Å². The van der Waals surface area contributed by atoms with E-state index in [1.165, 1.54) is 12.1 Å². The summed E-state index contributed by atoms with van der Waals surface area (Å²) in [6.07, 6.45) is 0.749. The molecule has 1 heterocycles. The normalized spacial score (nSPS) is 9.88. The number of phenols is 1. The Morgan fingerprint density at radius 1 is 1.29 bits per heavy atom. The van der Waals surface area contributed by atoms with E-state index in [9.17, 15) is 9.90 Å². The summed E-state index contributed by atoms with van der Waals surface area (Å²) in [5.74, 6) is 0.0684. The van der Waals surface area contributed by atoms with Crippen molar-refractivity contribution in [2.45, 2.75) is 27.2 Å². The van der Waals surface area contributed by atoms with Crippen molar-refractivity contribution >= 4 is 26.9 Å². The number of rotatable bonds is 1. The van der Waals surface area contributed by atoms with Gasteiger partial charge in [0.1, 0.15) is 11.3 Å². The summed E-state index contributed by atoms with van der Waals surface area (Å²) in [5.41, 5.74) is 0.947. The lowest BCUT2D eigenvalue weighted by Gasteiger charge is -2.04. The monoisotopic (exact) mass is 298 g/mol. The topological polar surface area (TPSA) is 50.4 Å². The molecule has 1 N–H and O–H groups in total. The minimum absolute atomic E-state index is 0.0684. The Morgan fingerprint density at radius 3 is 2.53 bits per heavy atom. The van der Waals surface area contributed by atoms with Gasteiger partial charge in [-0.2, -0.15) is 0 Å². The molecular weight excluding hydrogens is 284 g/mol. The molecule has 2 rings (SSSR count). The zero-order valence-corrected chi connectivity index (χ0v) is 11.7. The number of hydrogen-bond acceptors (Lipinski definition) is 3. The van der Waals surface area contributed by atoms with E-state index in [4.69, 9.17) is 4.42 Å². The van der Waals surface area contributed by atoms with Crippen molar-refractivity contribution in [3.63, 3.8) is 0 Å². The fourth-order valence-electron chi connectivity index (χ4n) is 1.53. The predicted octanol–water partition coefficient (Wildman–Crippen LogP) is 3.85. The second-order valence-electron chi connectivity index (χ2n) is 3.24. The third-order valence-electron chi connectivity index (χ3n) is 2.28. The van der Waals surface area contributed by atoms with Gasteiger partial charge in [0.15, 0.2) is 0 Å². The standard InChI is InChI=1S/C11H9BrO3.C2H6/c1-2-6-3-11(14)15-10-5-9(13)8(12)4-7(6)10;1-2/h3-5,13H,2H2,1H3;1-2H3. The van der Waals surface area contributed by atoms with Crippen LogP contribution >= 0.6 is 15.9 Å². The van der Waals surface area contributed by atoms with E-state index in [0.29, 0.717) is 10.1 Å². The van der Waals surface area contributed by atoms with Crippen LogP contribution in [-0.2, 0) is 6.42 Å². The van der Waals surface area contributed by atoms with E-state index >= 15 is 0 Å². The molecule has 17 heavy (non-hydrogen) atoms. The van der Waals surface area contributed by atoms with Gasteiger partial charge in [-0.3, -0.25) is 0 Å². The summed E-state index contributed by atoms with van der Waals surface area (Å²) >= 11 is 3.23. The molecular formula is C13H15BrO3. The summed E-state index contributed by atoms with van der Waals surface area (Å²) in [7, 11) is 0. The number of phenolic OH excluding ortho intramolecular Hbond substituents is 1. The van der Waals surface area contributed by atoms with E-state index in [-0.39, 0.29) is 11.4 Å². The number of hydrogen-bond donors (Lipinski definition) is 1. The van der Waals surface area contributed by atoms with E-state index in [1.54, 1.807) is 6.07 Å². The molecule has 1 aromatic heterocycles. The minimum Gasteiger partial charge on any atom is -0.507 e. The van der Waals surface area contributed by atoms with Gasteiger partial charge in [-0.1, -0.05) is 20.8 Å². The average molecular weight is 299 g/mol. The predicted molar refractivity (Wildman–Crippen MR) is 72.6 cm³/mol. The molecule has 0 unspecified atom stereocenters. The molecule has 0 fully saturated rings. The van der Waals surface area contributed by atoms with Crippen LogP contribution in [-0.4, -0.2) is 5.11 Å². The van der Waals surface area contributed by atoms with Gasteiger partial charge < -0.3 is 9.52 Å². The third-order valence-corrected chi connectivity index (χ3v) is 2.91. The van der Waals surface area contributed by atoms with Crippen LogP contribution in [0.2, 0.25) is 0 Å². The maximum absolute atomic E-state index is 11.2. The first kappa shape index (κ1) is 13.8. The lowest BCUT2D eigenvalue weighted by molar-refractivity contribution is 0.469. The number of halogens is 1. The molecule has 0 atom stereocenters. The van der Waals surface area contributed by atoms with Crippen molar-refractivity contribution in [3.8, 4) is 5.75 Å². The molecule has 1 aromatic carbocycles. The molecule has 4 heteroatoms. The van der Waals surface area contributed by atoms with Gasteiger partial charge in [-0.05, 0) is 34.0 Å². The van der Waals surface area contributed by atoms with Crippen molar-refractivity contribution in [2.24, 2.45) is 0 Å². The molecule has 0 spiro atoms. The summed E-state index contributed by atoms with van der Waals surface area (Å²) < 4.78 is 5.60. The van der Waals surface area contributed by atoms with Gasteiger partial charge in [-0.15, -0.1) is 0 Å². The second kappa shape index (κ2) is 5.87. The molecule has 92 valence electrons. The average Bonchev–Trinajstić information content (AvgIpc) is 2.33. The Kier molecular flexibility index (Phi) is 4.75. The SMILES string of the molecule is CC.CCc1cc(=O)oc2cc(O)c(Br)cc12. The molecule has 0 aliphatic heterocycles. The maximum Gasteiger partial charge on any atom is 0.336 e. The van der Waals surface area contributed by atoms with Crippen LogP contribution < -0.4 is 5.63 Å². The lowest BCUT2D eigenvalue weighted by Crippen LogP contribution is -1.99. The summed E-state index contributed by atoms with van der Waals surface area (Å²) in [4.78, 5) is 11.2. The van der Waals surface area contributed by atoms with E-state index in [1.807, 2.05) is 20.8 Å². The zero-order valence-electron chi connectivity index (χ0n) is 10.1. The zero-order chi connectivity index (χ0) is 13.0. The summed E-state index contributed by atoms with van der Waals surface area (Å²) in [6, 6.07) is 4.68. The molecule has 2 aromatic rings. The van der Waals surface area contributed by atoms with Crippen LogP contribution in [0.5, 0.6) is 5.75 Å². The Hall–Kier alpha value is -1.29. The number of aryl methyl sites for hydroxylation is 1. The number of aromatic hydroxyl groups is 1. The number of fused-ring (bicyclic) bond motifs is 1. The van der Waals surface area contributed by atoms with Crippen LogP contribution in [0.4, 0.5) is 0 Å². The van der Waals surface area contributed by atoms with Crippen molar-refractivity contribution in [1.29, 1.82) is 0 Å². The maximum atomic E-state index is 11.2. The third kappa shape index (κ3) is 2.88. The van der Waals surface area contributed by atoms with Crippen molar-refractivity contribution in [1.82, 2.24) is 0 Å². The first-order chi connectivity index (χ1) is 8.11. The largest absolute Gasteiger partial charge is 0.507 e. The van der Waals surface area contributed by atoms with Gasteiger partial charge in [0.25, 0.3) is 0 Å². The highest BCUT2D eigenvalue weighted by Gasteiger charge is 2.07. The highest BCUT2D eigenvalue weighted by Crippen LogP contribution is 2.30. The van der Waals surface area contributed by atoms with Gasteiger partial charge in [-0.25, -0.2) is 4.79 Å². The summed E-state index contributed by atoms with van der Waals surface area (Å²) in [6.45, 7) is 5.97. The fourth-order valence-corrected chi connectivity index (χ4v) is 1.87. The van der Waals surface area contributed by atoms with E-state index in [2.05, 4.69) is 15.9 Å². The van der Waals surface area contributed by atoms with E-state index < -0.39 is 0 Å². The van der Waals surface area contributed by atoms with Crippen LogP contribution in [0.15, 0.2) is 31.9 Å².